The summed E-state index contributed by atoms with van der Waals surface area (Å²) in [7, 11) is 0. The van der Waals surface area contributed by atoms with Gasteiger partial charge in [-0.2, -0.15) is 0 Å². The molecule has 0 saturated carbocycles. The van der Waals surface area contributed by atoms with Gasteiger partial charge in [0.15, 0.2) is 0 Å². The molecule has 3 aromatic rings. The van der Waals surface area contributed by atoms with Crippen LogP contribution in [0.25, 0.3) is 0 Å². The van der Waals surface area contributed by atoms with Crippen LogP contribution < -0.4 is 10.2 Å². The third-order valence-electron chi connectivity index (χ3n) is 8.33. The van der Waals surface area contributed by atoms with Gasteiger partial charge < -0.3 is 10.1 Å². The zero-order valence-electron chi connectivity index (χ0n) is 19.7. The first-order valence-corrected chi connectivity index (χ1v) is 12.7. The van der Waals surface area contributed by atoms with Crippen LogP contribution in [-0.4, -0.2) is 37.0 Å². The molecule has 36 heavy (non-hydrogen) atoms. The van der Waals surface area contributed by atoms with Gasteiger partial charge in [-0.3, -0.25) is 14.4 Å². The Morgan fingerprint density at radius 1 is 0.833 bits per heavy atom. The zero-order chi connectivity index (χ0) is 24.4. The summed E-state index contributed by atoms with van der Waals surface area (Å²) in [6.07, 6.45) is 1.99. The first-order valence-electron chi connectivity index (χ1n) is 12.7. The summed E-state index contributed by atoms with van der Waals surface area (Å²) < 4.78 is 5.59. The molecule has 3 aromatic carbocycles. The summed E-state index contributed by atoms with van der Waals surface area (Å²) in [5.41, 5.74) is 5.47. The van der Waals surface area contributed by atoms with Gasteiger partial charge >= 0.3 is 0 Å². The lowest BCUT2D eigenvalue weighted by Gasteiger charge is -2.45. The lowest BCUT2D eigenvalue weighted by molar-refractivity contribution is -0.122. The SMILES string of the molecule is O=C(NCC1CCCO1)c1cccc(N2C(=O)C3C4c5ccccc5C(c5ccccc54)C3C2=O)c1. The summed E-state index contributed by atoms with van der Waals surface area (Å²) >= 11 is 0. The van der Waals surface area contributed by atoms with Crippen molar-refractivity contribution < 1.29 is 19.1 Å². The van der Waals surface area contributed by atoms with Crippen molar-refractivity contribution in [2.45, 2.75) is 30.8 Å². The summed E-state index contributed by atoms with van der Waals surface area (Å²) in [5.74, 6) is -1.77. The lowest BCUT2D eigenvalue weighted by atomic mass is 9.55. The number of rotatable bonds is 4. The smallest absolute Gasteiger partial charge is 0.251 e. The number of hydrogen-bond donors (Lipinski definition) is 1. The maximum absolute atomic E-state index is 13.9. The van der Waals surface area contributed by atoms with E-state index < -0.39 is 11.8 Å². The van der Waals surface area contributed by atoms with E-state index in [2.05, 4.69) is 29.6 Å². The molecule has 2 saturated heterocycles. The summed E-state index contributed by atoms with van der Waals surface area (Å²) in [6, 6.07) is 23.3. The van der Waals surface area contributed by atoms with Crippen LogP contribution in [0.3, 0.4) is 0 Å². The predicted molar refractivity (Wildman–Crippen MR) is 134 cm³/mol. The standard InChI is InChI=1S/C30H26N2O4/c33-28(31-16-19-9-6-14-36-19)17-7-5-8-18(15-17)32-29(34)26-24-20-10-1-2-11-21(20)25(27(26)30(32)35)23-13-4-3-12-22(23)24/h1-5,7-8,10-13,15,19,24-27H,6,9,14,16H2,(H,31,33). The van der Waals surface area contributed by atoms with Gasteiger partial charge in [-0.15, -0.1) is 0 Å². The average Bonchev–Trinajstić information content (AvgIpc) is 3.54. The number of ether oxygens (including phenoxy) is 1. The monoisotopic (exact) mass is 478 g/mol. The zero-order valence-corrected chi connectivity index (χ0v) is 19.7. The molecule has 2 heterocycles. The van der Waals surface area contributed by atoms with Crippen molar-refractivity contribution >= 4 is 23.4 Å². The second-order valence-corrected chi connectivity index (χ2v) is 10.2. The summed E-state index contributed by atoms with van der Waals surface area (Å²) in [5, 5.41) is 2.93. The van der Waals surface area contributed by atoms with Crippen LogP contribution in [0.15, 0.2) is 72.8 Å². The first-order chi connectivity index (χ1) is 17.6. The Morgan fingerprint density at radius 3 is 1.94 bits per heavy atom. The Hall–Kier alpha value is -3.77. The van der Waals surface area contributed by atoms with E-state index in [4.69, 9.17) is 4.74 Å². The van der Waals surface area contributed by atoms with Crippen molar-refractivity contribution in [2.24, 2.45) is 11.8 Å². The molecule has 6 heteroatoms. The third-order valence-corrected chi connectivity index (χ3v) is 8.33. The van der Waals surface area contributed by atoms with Crippen molar-refractivity contribution in [2.75, 3.05) is 18.1 Å². The molecule has 0 spiro atoms. The van der Waals surface area contributed by atoms with Crippen LogP contribution in [0.2, 0.25) is 0 Å². The largest absolute Gasteiger partial charge is 0.376 e. The van der Waals surface area contributed by atoms with E-state index in [9.17, 15) is 14.4 Å². The molecular formula is C30H26N2O4. The second-order valence-electron chi connectivity index (χ2n) is 10.2. The van der Waals surface area contributed by atoms with Crippen molar-refractivity contribution in [3.05, 3.63) is 101 Å². The van der Waals surface area contributed by atoms with Crippen molar-refractivity contribution in [3.63, 3.8) is 0 Å². The fraction of sp³-hybridized carbons (Fsp3) is 0.300. The number of amides is 3. The highest BCUT2D eigenvalue weighted by Crippen LogP contribution is 2.61. The summed E-state index contributed by atoms with van der Waals surface area (Å²) in [4.78, 5) is 42.0. The van der Waals surface area contributed by atoms with Crippen LogP contribution >= 0.6 is 0 Å². The number of hydrogen-bond acceptors (Lipinski definition) is 4. The van der Waals surface area contributed by atoms with E-state index in [1.54, 1.807) is 24.3 Å². The van der Waals surface area contributed by atoms with Crippen molar-refractivity contribution in [1.29, 1.82) is 0 Å². The van der Waals surface area contributed by atoms with Crippen molar-refractivity contribution in [1.82, 2.24) is 5.32 Å². The maximum Gasteiger partial charge on any atom is 0.251 e. The van der Waals surface area contributed by atoms with Gasteiger partial charge in [-0.05, 0) is 53.3 Å². The molecule has 2 fully saturated rings. The Balaban J connectivity index is 1.23. The van der Waals surface area contributed by atoms with Gasteiger partial charge in [0.25, 0.3) is 5.91 Å². The minimum Gasteiger partial charge on any atom is -0.376 e. The molecule has 3 aliphatic carbocycles. The van der Waals surface area contributed by atoms with Crippen LogP contribution in [0, 0.1) is 11.8 Å². The Kier molecular flexibility index (Phi) is 4.86. The van der Waals surface area contributed by atoms with Crippen LogP contribution in [0.4, 0.5) is 5.69 Å². The molecule has 0 radical (unpaired) electrons. The van der Waals surface area contributed by atoms with E-state index in [1.165, 1.54) is 4.90 Å². The van der Waals surface area contributed by atoms with Crippen LogP contribution in [0.5, 0.6) is 0 Å². The highest BCUT2D eigenvalue weighted by molar-refractivity contribution is 6.23. The first kappa shape index (κ1) is 21.5. The van der Waals surface area contributed by atoms with Crippen LogP contribution in [0.1, 0.15) is 57.3 Å². The van der Waals surface area contributed by atoms with Gasteiger partial charge in [0.05, 0.1) is 23.6 Å². The molecule has 5 aliphatic rings. The average molecular weight is 479 g/mol. The minimum atomic E-state index is -0.440. The van der Waals surface area contributed by atoms with E-state index in [0.717, 1.165) is 41.7 Å². The number of imide groups is 1. The number of carbonyl (C=O) groups is 3. The van der Waals surface area contributed by atoms with Gasteiger partial charge in [0, 0.05) is 30.6 Å². The molecule has 3 unspecified atom stereocenters. The molecular weight excluding hydrogens is 452 g/mol. The minimum absolute atomic E-state index is 0.0423. The molecule has 1 N–H and O–H groups in total. The molecule has 2 aliphatic heterocycles. The number of nitrogens with zero attached hydrogens (tertiary/aromatic N) is 1. The normalized spacial score (nSPS) is 27.6. The molecule has 3 amide bonds. The highest BCUT2D eigenvalue weighted by atomic mass is 16.5. The number of nitrogens with one attached hydrogen (secondary N) is 1. The Labute approximate surface area is 209 Å². The fourth-order valence-corrected chi connectivity index (χ4v) is 6.83. The second kappa shape index (κ2) is 8.14. The lowest BCUT2D eigenvalue weighted by Crippen LogP contribution is -2.41. The van der Waals surface area contributed by atoms with Gasteiger partial charge in [-0.25, -0.2) is 4.90 Å². The third kappa shape index (κ3) is 3.04. The van der Waals surface area contributed by atoms with E-state index in [-0.39, 0.29) is 35.7 Å². The van der Waals surface area contributed by atoms with E-state index in [1.807, 2.05) is 24.3 Å². The van der Waals surface area contributed by atoms with E-state index >= 15 is 0 Å². The molecule has 6 nitrogen and oxygen atoms in total. The van der Waals surface area contributed by atoms with Gasteiger partial charge in [0.2, 0.25) is 11.8 Å². The summed E-state index contributed by atoms with van der Waals surface area (Å²) in [6.45, 7) is 1.18. The quantitative estimate of drug-likeness (QED) is 0.576. The Bertz CT molecular complexity index is 1290. The fourth-order valence-electron chi connectivity index (χ4n) is 6.83. The molecule has 2 bridgehead atoms. The highest BCUT2D eigenvalue weighted by Gasteiger charge is 2.61. The maximum atomic E-state index is 13.9. The van der Waals surface area contributed by atoms with Crippen LogP contribution in [-0.2, 0) is 14.3 Å². The van der Waals surface area contributed by atoms with Crippen molar-refractivity contribution in [3.8, 4) is 0 Å². The molecule has 0 aromatic heterocycles. The van der Waals surface area contributed by atoms with Gasteiger partial charge in [0.1, 0.15) is 0 Å². The number of benzene rings is 3. The van der Waals surface area contributed by atoms with E-state index in [0.29, 0.717) is 17.8 Å². The topological polar surface area (TPSA) is 75.7 Å². The van der Waals surface area contributed by atoms with Gasteiger partial charge in [-0.1, -0.05) is 54.6 Å². The molecule has 8 rings (SSSR count). The Morgan fingerprint density at radius 2 is 1.42 bits per heavy atom. The number of carbonyl (C=O) groups excluding carboxylic acids is 3. The number of anilines is 1. The molecule has 3 atom stereocenters. The molecule has 180 valence electrons. The predicted octanol–water partition coefficient (Wildman–Crippen LogP) is 3.99.